The van der Waals surface area contributed by atoms with E-state index < -0.39 is 0 Å². The zero-order valence-corrected chi connectivity index (χ0v) is 12.7. The highest BCUT2D eigenvalue weighted by atomic mass is 16.5. The van der Waals surface area contributed by atoms with E-state index in [0.29, 0.717) is 18.1 Å². The minimum Gasteiger partial charge on any atom is -0.468 e. The van der Waals surface area contributed by atoms with Crippen LogP contribution in [-0.2, 0) is 14.3 Å². The second kappa shape index (κ2) is 5.41. The second-order valence-electron chi connectivity index (χ2n) is 6.60. The molecule has 1 aliphatic carbocycles. The van der Waals surface area contributed by atoms with Crippen molar-refractivity contribution in [2.45, 2.75) is 58.7 Å². The molecule has 0 bridgehead atoms. The van der Waals surface area contributed by atoms with Crippen molar-refractivity contribution in [3.05, 3.63) is 0 Å². The van der Waals surface area contributed by atoms with Crippen molar-refractivity contribution in [2.24, 2.45) is 17.3 Å². The molecule has 1 saturated carbocycles. The van der Waals surface area contributed by atoms with Crippen molar-refractivity contribution in [3.63, 3.8) is 0 Å². The van der Waals surface area contributed by atoms with Crippen molar-refractivity contribution in [1.29, 1.82) is 0 Å². The predicted octanol–water partition coefficient (Wildman–Crippen LogP) is 1.98. The number of fused-ring (bicyclic) bond motifs is 1. The molecule has 1 aliphatic heterocycles. The molecule has 4 nitrogen and oxygen atoms in total. The predicted molar refractivity (Wildman–Crippen MR) is 73.8 cm³/mol. The van der Waals surface area contributed by atoms with Crippen molar-refractivity contribution >= 4 is 5.97 Å². The zero-order chi connectivity index (χ0) is 14.2. The van der Waals surface area contributed by atoms with Gasteiger partial charge in [0, 0.05) is 24.0 Å². The maximum atomic E-state index is 12.0. The number of hydrogen-bond acceptors (Lipinski definition) is 4. The van der Waals surface area contributed by atoms with Crippen molar-refractivity contribution in [1.82, 2.24) is 5.32 Å². The Morgan fingerprint density at radius 2 is 2.21 bits per heavy atom. The van der Waals surface area contributed by atoms with Crippen molar-refractivity contribution in [2.75, 3.05) is 13.7 Å². The summed E-state index contributed by atoms with van der Waals surface area (Å²) in [5.74, 6) is 0.684. The van der Waals surface area contributed by atoms with Gasteiger partial charge in [0.1, 0.15) is 6.04 Å². The summed E-state index contributed by atoms with van der Waals surface area (Å²) in [6, 6.07) is 0.138. The Morgan fingerprint density at radius 3 is 2.79 bits per heavy atom. The first-order valence-corrected chi connectivity index (χ1v) is 7.39. The molecule has 19 heavy (non-hydrogen) atoms. The first kappa shape index (κ1) is 14.8. The molecule has 1 saturated heterocycles. The van der Waals surface area contributed by atoms with Crippen molar-refractivity contribution < 1.29 is 14.3 Å². The first-order valence-electron chi connectivity index (χ1n) is 7.39. The summed E-state index contributed by atoms with van der Waals surface area (Å²) < 4.78 is 10.7. The van der Waals surface area contributed by atoms with Crippen molar-refractivity contribution in [3.8, 4) is 0 Å². The monoisotopic (exact) mass is 269 g/mol. The summed E-state index contributed by atoms with van der Waals surface area (Å²) in [7, 11) is 1.47. The molecule has 0 amide bonds. The van der Waals surface area contributed by atoms with Crippen LogP contribution >= 0.6 is 0 Å². The van der Waals surface area contributed by atoms with E-state index in [2.05, 4.69) is 33.0 Å². The zero-order valence-electron chi connectivity index (χ0n) is 12.7. The largest absolute Gasteiger partial charge is 0.468 e. The fourth-order valence-electron chi connectivity index (χ4n) is 3.68. The molecule has 0 spiro atoms. The molecule has 2 aliphatic rings. The van der Waals surface area contributed by atoms with Gasteiger partial charge in [-0.15, -0.1) is 0 Å². The fourth-order valence-corrected chi connectivity index (χ4v) is 3.68. The highest BCUT2D eigenvalue weighted by molar-refractivity contribution is 5.76. The van der Waals surface area contributed by atoms with Gasteiger partial charge in [0.05, 0.1) is 13.2 Å². The number of rotatable bonds is 5. The van der Waals surface area contributed by atoms with Crippen LogP contribution in [0.1, 0.15) is 40.5 Å². The number of ether oxygens (including phenoxy) is 2. The number of methoxy groups -OCH3 is 1. The Bertz CT molecular complexity index is 342. The third-order valence-corrected chi connectivity index (χ3v) is 5.13. The average molecular weight is 269 g/mol. The molecule has 0 aromatic carbocycles. The topological polar surface area (TPSA) is 47.6 Å². The summed E-state index contributed by atoms with van der Waals surface area (Å²) in [5.41, 5.74) is 0.0981. The molecule has 2 fully saturated rings. The van der Waals surface area contributed by atoms with Gasteiger partial charge in [0.25, 0.3) is 0 Å². The molecule has 5 atom stereocenters. The Balaban J connectivity index is 2.07. The van der Waals surface area contributed by atoms with Crippen LogP contribution in [0.15, 0.2) is 0 Å². The number of esters is 1. The van der Waals surface area contributed by atoms with Crippen LogP contribution in [0.3, 0.4) is 0 Å². The van der Waals surface area contributed by atoms with Crippen LogP contribution in [0, 0.1) is 17.3 Å². The Labute approximate surface area is 116 Å². The molecular formula is C15H27NO3. The average Bonchev–Trinajstić information content (AvgIpc) is 2.84. The molecule has 110 valence electrons. The minimum absolute atomic E-state index is 0.0981. The van der Waals surface area contributed by atoms with Gasteiger partial charge in [-0.2, -0.15) is 0 Å². The fraction of sp³-hybridized carbons (Fsp3) is 0.933. The smallest absolute Gasteiger partial charge is 0.323 e. The van der Waals surface area contributed by atoms with Gasteiger partial charge >= 0.3 is 5.97 Å². The van der Waals surface area contributed by atoms with Crippen LogP contribution in [0.2, 0.25) is 0 Å². The van der Waals surface area contributed by atoms with Crippen LogP contribution in [0.4, 0.5) is 0 Å². The van der Waals surface area contributed by atoms with E-state index in [9.17, 15) is 4.79 Å². The molecule has 1 N–H and O–H groups in total. The maximum absolute atomic E-state index is 12.0. The van der Waals surface area contributed by atoms with E-state index in [1.807, 2.05) is 0 Å². The summed E-state index contributed by atoms with van der Waals surface area (Å²) in [6.07, 6.45) is 2.41. The number of carbonyl (C=O) groups is 1. The van der Waals surface area contributed by atoms with E-state index >= 15 is 0 Å². The number of nitrogens with one attached hydrogen (secondary N) is 1. The summed E-state index contributed by atoms with van der Waals surface area (Å²) >= 11 is 0. The van der Waals surface area contributed by atoms with Gasteiger partial charge in [0.15, 0.2) is 0 Å². The van der Waals surface area contributed by atoms with Crippen LogP contribution in [-0.4, -0.2) is 37.9 Å². The number of carbonyl (C=O) groups excluding carboxylic acids is 1. The first-order chi connectivity index (χ1) is 8.93. The van der Waals surface area contributed by atoms with Gasteiger partial charge in [-0.1, -0.05) is 34.1 Å². The van der Waals surface area contributed by atoms with Gasteiger partial charge in [-0.05, 0) is 12.3 Å². The molecule has 5 unspecified atom stereocenters. The molecule has 2 rings (SSSR count). The molecular weight excluding hydrogens is 242 g/mol. The van der Waals surface area contributed by atoms with Gasteiger partial charge < -0.3 is 14.8 Å². The number of hydrogen-bond donors (Lipinski definition) is 1. The molecule has 0 radical (unpaired) electrons. The lowest BCUT2D eigenvalue weighted by molar-refractivity contribution is -0.150. The molecule has 0 aromatic heterocycles. The summed E-state index contributed by atoms with van der Waals surface area (Å²) in [5, 5.41) is 3.56. The SMILES string of the molecule is CCC(C)C(NC1C2CCOC2C1(C)C)C(=O)OC. The lowest BCUT2D eigenvalue weighted by Gasteiger charge is -2.56. The Hall–Kier alpha value is -0.610. The van der Waals surface area contributed by atoms with Gasteiger partial charge in [-0.25, -0.2) is 0 Å². The highest BCUT2D eigenvalue weighted by Gasteiger charge is 2.59. The van der Waals surface area contributed by atoms with Crippen LogP contribution in [0.5, 0.6) is 0 Å². The normalized spacial score (nSPS) is 35.1. The van der Waals surface area contributed by atoms with Gasteiger partial charge in [0.2, 0.25) is 0 Å². The second-order valence-corrected chi connectivity index (χ2v) is 6.60. The van der Waals surface area contributed by atoms with E-state index in [-0.39, 0.29) is 23.3 Å². The third-order valence-electron chi connectivity index (χ3n) is 5.13. The Morgan fingerprint density at radius 1 is 1.53 bits per heavy atom. The summed E-state index contributed by atoms with van der Waals surface area (Å²) in [4.78, 5) is 12.0. The van der Waals surface area contributed by atoms with E-state index in [1.54, 1.807) is 0 Å². The standard InChI is InChI=1S/C15H27NO3/c1-6-9(2)11(14(17)18-5)16-12-10-7-8-19-13(10)15(12,3)4/h9-13,16H,6-8H2,1-5H3. The van der Waals surface area contributed by atoms with Crippen LogP contribution < -0.4 is 5.32 Å². The Kier molecular flexibility index (Phi) is 4.21. The minimum atomic E-state index is -0.208. The van der Waals surface area contributed by atoms with Gasteiger partial charge in [-0.3, -0.25) is 4.79 Å². The quantitative estimate of drug-likeness (QED) is 0.775. The van der Waals surface area contributed by atoms with E-state index in [4.69, 9.17) is 9.47 Å². The molecule has 0 aromatic rings. The summed E-state index contributed by atoms with van der Waals surface area (Å²) in [6.45, 7) is 9.51. The lowest BCUT2D eigenvalue weighted by atomic mass is 9.57. The lowest BCUT2D eigenvalue weighted by Crippen LogP contribution is -2.68. The highest BCUT2D eigenvalue weighted by Crippen LogP contribution is 2.52. The molecule has 4 heteroatoms. The maximum Gasteiger partial charge on any atom is 0.323 e. The van der Waals surface area contributed by atoms with E-state index in [1.165, 1.54) is 7.11 Å². The van der Waals surface area contributed by atoms with Crippen LogP contribution in [0.25, 0.3) is 0 Å². The van der Waals surface area contributed by atoms with E-state index in [0.717, 1.165) is 19.4 Å². The third kappa shape index (κ3) is 2.40. The molecule has 1 heterocycles.